The quantitative estimate of drug-likeness (QED) is 0.764. The summed E-state index contributed by atoms with van der Waals surface area (Å²) in [5.74, 6) is 0. The molecule has 1 aliphatic rings. The molecule has 1 atom stereocenters. The van der Waals surface area contributed by atoms with Gasteiger partial charge in [-0.05, 0) is 18.4 Å². The number of hydrogen-bond acceptors (Lipinski definition) is 4. The van der Waals surface area contributed by atoms with Gasteiger partial charge in [0.05, 0.1) is 33.0 Å². The highest BCUT2D eigenvalue weighted by atomic mass is 16.6. The average molecular weight is 266 g/mol. The van der Waals surface area contributed by atoms with Gasteiger partial charge in [0.1, 0.15) is 5.60 Å². The Hall–Kier alpha value is -0.940. The predicted molar refractivity (Wildman–Crippen MR) is 71.9 cm³/mol. The zero-order chi connectivity index (χ0) is 13.4. The van der Waals surface area contributed by atoms with Crippen molar-refractivity contribution in [3.8, 4) is 0 Å². The van der Waals surface area contributed by atoms with E-state index in [2.05, 4.69) is 0 Å². The van der Waals surface area contributed by atoms with E-state index in [1.807, 2.05) is 30.3 Å². The van der Waals surface area contributed by atoms with Gasteiger partial charge in [-0.1, -0.05) is 30.3 Å². The smallest absolute Gasteiger partial charge is 0.115 e. The van der Waals surface area contributed by atoms with Crippen molar-refractivity contribution in [2.24, 2.45) is 0 Å². The fourth-order valence-electron chi connectivity index (χ4n) is 2.19. The van der Waals surface area contributed by atoms with Crippen LogP contribution in [-0.4, -0.2) is 43.7 Å². The van der Waals surface area contributed by atoms with E-state index in [1.54, 1.807) is 0 Å². The van der Waals surface area contributed by atoms with Crippen LogP contribution in [0, 0.1) is 0 Å². The van der Waals surface area contributed by atoms with Gasteiger partial charge in [0.2, 0.25) is 0 Å². The molecular weight excluding hydrogens is 244 g/mol. The van der Waals surface area contributed by atoms with Crippen molar-refractivity contribution >= 4 is 0 Å². The van der Waals surface area contributed by atoms with Crippen LogP contribution in [0.4, 0.5) is 0 Å². The van der Waals surface area contributed by atoms with E-state index in [9.17, 15) is 5.11 Å². The van der Waals surface area contributed by atoms with E-state index >= 15 is 0 Å². The summed E-state index contributed by atoms with van der Waals surface area (Å²) in [6.07, 6.45) is 1.62. The summed E-state index contributed by atoms with van der Waals surface area (Å²) in [7, 11) is 0. The molecule has 1 saturated heterocycles. The van der Waals surface area contributed by atoms with Gasteiger partial charge in [-0.3, -0.25) is 0 Å². The minimum atomic E-state index is -0.519. The van der Waals surface area contributed by atoms with Gasteiger partial charge in [0.15, 0.2) is 0 Å². The molecular formula is C15H22O4. The Labute approximate surface area is 114 Å². The number of aliphatic hydroxyl groups is 1. The fourth-order valence-corrected chi connectivity index (χ4v) is 2.19. The summed E-state index contributed by atoms with van der Waals surface area (Å²) < 4.78 is 16.6. The lowest BCUT2D eigenvalue weighted by atomic mass is 9.99. The van der Waals surface area contributed by atoms with E-state index in [0.29, 0.717) is 33.0 Å². The molecule has 0 bridgehead atoms. The van der Waals surface area contributed by atoms with Gasteiger partial charge in [-0.2, -0.15) is 0 Å². The lowest BCUT2D eigenvalue weighted by Crippen LogP contribution is -2.46. The maximum atomic E-state index is 9.43. The summed E-state index contributed by atoms with van der Waals surface area (Å²) in [6.45, 7) is 2.95. The molecule has 19 heavy (non-hydrogen) atoms. The summed E-state index contributed by atoms with van der Waals surface area (Å²) >= 11 is 0. The maximum absolute atomic E-state index is 9.43. The molecule has 2 rings (SSSR count). The first-order chi connectivity index (χ1) is 9.35. The van der Waals surface area contributed by atoms with E-state index < -0.39 is 5.60 Å². The molecule has 4 nitrogen and oxygen atoms in total. The van der Waals surface area contributed by atoms with Crippen molar-refractivity contribution in [3.63, 3.8) is 0 Å². The molecule has 1 aliphatic heterocycles. The Morgan fingerprint density at radius 3 is 2.74 bits per heavy atom. The Morgan fingerprint density at radius 1 is 1.21 bits per heavy atom. The van der Waals surface area contributed by atoms with E-state index in [1.165, 1.54) is 5.56 Å². The Kier molecular flexibility index (Phi) is 5.79. The maximum Gasteiger partial charge on any atom is 0.115 e. The molecule has 0 saturated carbocycles. The van der Waals surface area contributed by atoms with E-state index in [0.717, 1.165) is 12.8 Å². The van der Waals surface area contributed by atoms with Crippen LogP contribution in [0.5, 0.6) is 0 Å². The first kappa shape index (κ1) is 14.5. The summed E-state index contributed by atoms with van der Waals surface area (Å²) in [6, 6.07) is 10.1. The summed E-state index contributed by atoms with van der Waals surface area (Å²) in [5, 5.41) is 9.43. The highest BCUT2D eigenvalue weighted by molar-refractivity contribution is 5.13. The predicted octanol–water partition coefficient (Wildman–Crippen LogP) is 1.76. The van der Waals surface area contributed by atoms with Crippen LogP contribution in [0.2, 0.25) is 0 Å². The largest absolute Gasteiger partial charge is 0.393 e. The highest BCUT2D eigenvalue weighted by Gasteiger charge is 2.32. The van der Waals surface area contributed by atoms with Gasteiger partial charge in [0.25, 0.3) is 0 Å². The van der Waals surface area contributed by atoms with Gasteiger partial charge < -0.3 is 19.3 Å². The molecule has 0 radical (unpaired) electrons. The molecule has 0 amide bonds. The number of aliphatic hydroxyl groups excluding tert-OH is 1. The third-order valence-electron chi connectivity index (χ3n) is 3.32. The second-order valence-electron chi connectivity index (χ2n) is 4.88. The molecule has 106 valence electrons. The van der Waals surface area contributed by atoms with Crippen LogP contribution >= 0.6 is 0 Å². The second kappa shape index (κ2) is 7.60. The zero-order valence-corrected chi connectivity index (χ0v) is 11.2. The molecule has 4 heteroatoms. The van der Waals surface area contributed by atoms with Crippen molar-refractivity contribution < 1.29 is 19.3 Å². The molecule has 1 N–H and O–H groups in total. The monoisotopic (exact) mass is 266 g/mol. The second-order valence-corrected chi connectivity index (χ2v) is 4.88. The normalized spacial score (nSPS) is 23.4. The Balaban J connectivity index is 1.63. The molecule has 0 spiro atoms. The van der Waals surface area contributed by atoms with Crippen molar-refractivity contribution in [1.82, 2.24) is 0 Å². The van der Waals surface area contributed by atoms with Crippen LogP contribution in [0.25, 0.3) is 0 Å². The van der Waals surface area contributed by atoms with E-state index in [-0.39, 0.29) is 6.61 Å². The minimum absolute atomic E-state index is 0.00564. The third kappa shape index (κ3) is 4.58. The van der Waals surface area contributed by atoms with Crippen molar-refractivity contribution in [2.75, 3.05) is 33.0 Å². The molecule has 0 aromatic heterocycles. The van der Waals surface area contributed by atoms with Gasteiger partial charge in [0, 0.05) is 6.61 Å². The van der Waals surface area contributed by atoms with Crippen LogP contribution in [0.1, 0.15) is 18.4 Å². The van der Waals surface area contributed by atoms with Gasteiger partial charge in [-0.15, -0.1) is 0 Å². The first-order valence-electron chi connectivity index (χ1n) is 6.79. The number of ether oxygens (including phenoxy) is 3. The molecule has 1 fully saturated rings. The minimum Gasteiger partial charge on any atom is -0.393 e. The fraction of sp³-hybridized carbons (Fsp3) is 0.600. The molecule has 0 unspecified atom stereocenters. The Morgan fingerprint density at radius 2 is 2.05 bits per heavy atom. The average Bonchev–Trinajstić information content (AvgIpc) is 2.49. The van der Waals surface area contributed by atoms with Crippen LogP contribution < -0.4 is 0 Å². The van der Waals surface area contributed by atoms with Crippen LogP contribution in [0.15, 0.2) is 30.3 Å². The molecule has 1 heterocycles. The summed E-state index contributed by atoms with van der Waals surface area (Å²) in [5.41, 5.74) is 0.658. The molecule has 0 aliphatic carbocycles. The lowest BCUT2D eigenvalue weighted by molar-refractivity contribution is -0.179. The Bertz CT molecular complexity index is 346. The topological polar surface area (TPSA) is 47.9 Å². The van der Waals surface area contributed by atoms with Crippen LogP contribution in [-0.2, 0) is 20.8 Å². The highest BCUT2D eigenvalue weighted by Crippen LogP contribution is 2.21. The van der Waals surface area contributed by atoms with Gasteiger partial charge in [-0.25, -0.2) is 0 Å². The number of hydrogen-bond donors (Lipinski definition) is 1. The SMILES string of the molecule is OC[C@@]1(CCCOCc2ccccc2)COCCO1. The molecule has 1 aromatic carbocycles. The van der Waals surface area contributed by atoms with Crippen LogP contribution in [0.3, 0.4) is 0 Å². The van der Waals surface area contributed by atoms with Crippen molar-refractivity contribution in [2.45, 2.75) is 25.0 Å². The van der Waals surface area contributed by atoms with E-state index in [4.69, 9.17) is 14.2 Å². The number of rotatable bonds is 7. The van der Waals surface area contributed by atoms with Gasteiger partial charge >= 0.3 is 0 Å². The standard InChI is InChI=1S/C15H22O4/c16-12-15(13-18-9-10-19-15)7-4-8-17-11-14-5-2-1-3-6-14/h1-3,5-6,16H,4,7-13H2/t15-/m0/s1. The lowest BCUT2D eigenvalue weighted by Gasteiger charge is -2.35. The van der Waals surface area contributed by atoms with Crippen molar-refractivity contribution in [1.29, 1.82) is 0 Å². The third-order valence-corrected chi connectivity index (χ3v) is 3.32. The summed E-state index contributed by atoms with van der Waals surface area (Å²) in [4.78, 5) is 0. The zero-order valence-electron chi connectivity index (χ0n) is 11.2. The van der Waals surface area contributed by atoms with Crippen molar-refractivity contribution in [3.05, 3.63) is 35.9 Å². The number of benzene rings is 1. The first-order valence-corrected chi connectivity index (χ1v) is 6.79. The molecule has 1 aromatic rings.